The predicted octanol–water partition coefficient (Wildman–Crippen LogP) is 0.409. The van der Waals surface area contributed by atoms with Gasteiger partial charge in [-0.1, -0.05) is 6.92 Å². The molecule has 3 N–H and O–H groups in total. The van der Waals surface area contributed by atoms with E-state index in [-0.39, 0.29) is 5.56 Å². The predicted molar refractivity (Wildman–Crippen MR) is 60.5 cm³/mol. The van der Waals surface area contributed by atoms with Gasteiger partial charge in [0.1, 0.15) is 5.82 Å². The van der Waals surface area contributed by atoms with Crippen molar-refractivity contribution in [3.05, 3.63) is 33.9 Å². The molecule has 0 spiro atoms. The van der Waals surface area contributed by atoms with Gasteiger partial charge in [0.2, 0.25) is 5.95 Å². The van der Waals surface area contributed by atoms with Crippen molar-refractivity contribution in [1.82, 2.24) is 19.7 Å². The van der Waals surface area contributed by atoms with Crippen LogP contribution in [0.1, 0.15) is 18.3 Å². The summed E-state index contributed by atoms with van der Waals surface area (Å²) in [6.07, 6.45) is 0.692. The number of anilines is 1. The highest BCUT2D eigenvalue weighted by atomic mass is 16.1. The number of aryl methyl sites for hydroxylation is 2. The first kappa shape index (κ1) is 10.4. The maximum absolute atomic E-state index is 11.4. The largest absolute Gasteiger partial charge is 0.383 e. The number of hydrogen-bond acceptors (Lipinski definition) is 4. The molecule has 2 rings (SSSR count). The number of aromatic amines is 1. The number of rotatable bonds is 2. The summed E-state index contributed by atoms with van der Waals surface area (Å²) < 4.78 is 1.43. The van der Waals surface area contributed by atoms with Crippen LogP contribution in [0.25, 0.3) is 5.95 Å². The lowest BCUT2D eigenvalue weighted by Gasteiger charge is -2.03. The molecule has 0 aromatic carbocycles. The fourth-order valence-corrected chi connectivity index (χ4v) is 1.46. The van der Waals surface area contributed by atoms with E-state index in [4.69, 9.17) is 5.73 Å². The Labute approximate surface area is 92.1 Å². The van der Waals surface area contributed by atoms with E-state index in [0.29, 0.717) is 23.9 Å². The van der Waals surface area contributed by atoms with Gasteiger partial charge in [0.25, 0.3) is 5.56 Å². The van der Waals surface area contributed by atoms with Crippen molar-refractivity contribution < 1.29 is 0 Å². The van der Waals surface area contributed by atoms with Gasteiger partial charge in [-0.15, -0.1) is 0 Å². The number of nitrogens with one attached hydrogen (secondary N) is 1. The lowest BCUT2D eigenvalue weighted by Crippen LogP contribution is -2.16. The van der Waals surface area contributed by atoms with Crippen molar-refractivity contribution in [2.24, 2.45) is 0 Å². The quantitative estimate of drug-likeness (QED) is 0.765. The number of nitrogen functional groups attached to an aromatic ring is 1. The standard InChI is InChI=1S/C10H13N5O/c1-3-7-5-9(16)13-10(12-7)15-8(11)4-6(2)14-15/h4-5H,3,11H2,1-2H3,(H,12,13,16). The Morgan fingerprint density at radius 2 is 2.25 bits per heavy atom. The average molecular weight is 219 g/mol. The molecule has 0 fully saturated rings. The van der Waals surface area contributed by atoms with E-state index < -0.39 is 0 Å². The maximum atomic E-state index is 11.4. The van der Waals surface area contributed by atoms with Crippen LogP contribution >= 0.6 is 0 Å². The Kier molecular flexibility index (Phi) is 2.47. The van der Waals surface area contributed by atoms with Crippen LogP contribution in [0.4, 0.5) is 5.82 Å². The molecule has 0 atom stereocenters. The minimum atomic E-state index is -0.200. The van der Waals surface area contributed by atoms with Crippen molar-refractivity contribution in [2.75, 3.05) is 5.73 Å². The molecule has 0 saturated carbocycles. The van der Waals surface area contributed by atoms with Gasteiger partial charge < -0.3 is 5.73 Å². The minimum Gasteiger partial charge on any atom is -0.383 e. The van der Waals surface area contributed by atoms with Gasteiger partial charge in [0.05, 0.1) is 5.69 Å². The summed E-state index contributed by atoms with van der Waals surface area (Å²) in [6, 6.07) is 3.19. The van der Waals surface area contributed by atoms with Crippen LogP contribution in [0.15, 0.2) is 16.9 Å². The van der Waals surface area contributed by atoms with Crippen LogP contribution in [0.3, 0.4) is 0 Å². The molecule has 0 radical (unpaired) electrons. The molecule has 0 amide bonds. The van der Waals surface area contributed by atoms with Crippen LogP contribution in [0.2, 0.25) is 0 Å². The molecule has 6 heteroatoms. The molecule has 2 aromatic rings. The van der Waals surface area contributed by atoms with E-state index in [0.717, 1.165) is 5.69 Å². The molecule has 6 nitrogen and oxygen atoms in total. The molecule has 16 heavy (non-hydrogen) atoms. The second kappa shape index (κ2) is 3.80. The van der Waals surface area contributed by atoms with E-state index >= 15 is 0 Å². The molecule has 0 unspecified atom stereocenters. The maximum Gasteiger partial charge on any atom is 0.252 e. The van der Waals surface area contributed by atoms with Gasteiger partial charge in [-0.05, 0) is 13.3 Å². The first-order valence-corrected chi connectivity index (χ1v) is 5.03. The fourth-order valence-electron chi connectivity index (χ4n) is 1.46. The van der Waals surface area contributed by atoms with Gasteiger partial charge in [0, 0.05) is 17.8 Å². The fraction of sp³-hybridized carbons (Fsp3) is 0.300. The van der Waals surface area contributed by atoms with Gasteiger partial charge in [-0.3, -0.25) is 9.78 Å². The van der Waals surface area contributed by atoms with Crippen LogP contribution < -0.4 is 11.3 Å². The van der Waals surface area contributed by atoms with E-state index in [2.05, 4.69) is 15.1 Å². The van der Waals surface area contributed by atoms with Crippen LogP contribution in [0.5, 0.6) is 0 Å². The summed E-state index contributed by atoms with van der Waals surface area (Å²) in [7, 11) is 0. The summed E-state index contributed by atoms with van der Waals surface area (Å²) in [6.45, 7) is 3.76. The zero-order chi connectivity index (χ0) is 11.7. The third-order valence-corrected chi connectivity index (χ3v) is 2.20. The lowest BCUT2D eigenvalue weighted by atomic mass is 10.3. The van der Waals surface area contributed by atoms with E-state index in [1.165, 1.54) is 10.7 Å². The third kappa shape index (κ3) is 1.81. The van der Waals surface area contributed by atoms with Crippen molar-refractivity contribution in [3.8, 4) is 5.95 Å². The number of nitrogens with zero attached hydrogens (tertiary/aromatic N) is 3. The summed E-state index contributed by atoms with van der Waals surface area (Å²) in [5.74, 6) is 0.809. The van der Waals surface area contributed by atoms with Crippen LogP contribution in [0, 0.1) is 6.92 Å². The Bertz CT molecular complexity index is 569. The van der Waals surface area contributed by atoms with E-state index in [9.17, 15) is 4.79 Å². The molecule has 0 aliphatic carbocycles. The second-order valence-electron chi connectivity index (χ2n) is 3.54. The highest BCUT2D eigenvalue weighted by molar-refractivity contribution is 5.36. The zero-order valence-corrected chi connectivity index (χ0v) is 9.19. The summed E-state index contributed by atoms with van der Waals surface area (Å²) in [5.41, 5.74) is 7.05. The molecule has 0 bridgehead atoms. The van der Waals surface area contributed by atoms with Gasteiger partial charge >= 0.3 is 0 Å². The van der Waals surface area contributed by atoms with Crippen molar-refractivity contribution in [2.45, 2.75) is 20.3 Å². The Balaban J connectivity index is 2.59. The molecular weight excluding hydrogens is 206 g/mol. The molecular formula is C10H13N5O. The Morgan fingerprint density at radius 1 is 1.50 bits per heavy atom. The number of nitrogens with two attached hydrogens (primary N) is 1. The highest BCUT2D eigenvalue weighted by Gasteiger charge is 2.07. The monoisotopic (exact) mass is 219 g/mol. The highest BCUT2D eigenvalue weighted by Crippen LogP contribution is 2.09. The molecule has 0 aliphatic rings. The molecule has 84 valence electrons. The number of H-pyrrole nitrogens is 1. The summed E-state index contributed by atoms with van der Waals surface area (Å²) in [5, 5.41) is 4.16. The lowest BCUT2D eigenvalue weighted by molar-refractivity contribution is 0.784. The topological polar surface area (TPSA) is 89.6 Å². The van der Waals surface area contributed by atoms with Gasteiger partial charge in [-0.2, -0.15) is 9.78 Å². The van der Waals surface area contributed by atoms with Crippen LogP contribution in [-0.2, 0) is 6.42 Å². The summed E-state index contributed by atoms with van der Waals surface area (Å²) in [4.78, 5) is 18.3. The normalized spacial score (nSPS) is 10.6. The smallest absolute Gasteiger partial charge is 0.252 e. The first-order chi connectivity index (χ1) is 7.60. The molecule has 0 saturated heterocycles. The van der Waals surface area contributed by atoms with Gasteiger partial charge in [0.15, 0.2) is 0 Å². The molecule has 0 aliphatic heterocycles. The summed E-state index contributed by atoms with van der Waals surface area (Å²) >= 11 is 0. The van der Waals surface area contributed by atoms with Crippen molar-refractivity contribution in [1.29, 1.82) is 0 Å². The average Bonchev–Trinajstić information content (AvgIpc) is 2.57. The first-order valence-electron chi connectivity index (χ1n) is 5.03. The minimum absolute atomic E-state index is 0.200. The number of hydrogen-bond donors (Lipinski definition) is 2. The zero-order valence-electron chi connectivity index (χ0n) is 9.19. The number of aromatic nitrogens is 4. The van der Waals surface area contributed by atoms with E-state index in [1.807, 2.05) is 13.8 Å². The van der Waals surface area contributed by atoms with Crippen molar-refractivity contribution in [3.63, 3.8) is 0 Å². The third-order valence-electron chi connectivity index (χ3n) is 2.20. The molecule has 2 aromatic heterocycles. The van der Waals surface area contributed by atoms with E-state index in [1.54, 1.807) is 6.07 Å². The van der Waals surface area contributed by atoms with Crippen molar-refractivity contribution >= 4 is 5.82 Å². The Hall–Kier alpha value is -2.11. The van der Waals surface area contributed by atoms with Gasteiger partial charge in [-0.25, -0.2) is 4.98 Å². The SMILES string of the molecule is CCc1cc(=O)[nH]c(-n2nc(C)cc2N)n1. The second-order valence-corrected chi connectivity index (χ2v) is 3.54. The van der Waals surface area contributed by atoms with Crippen LogP contribution in [-0.4, -0.2) is 19.7 Å². The molecule has 2 heterocycles. The Morgan fingerprint density at radius 3 is 2.81 bits per heavy atom.